The fourth-order valence-corrected chi connectivity index (χ4v) is 4.71. The Morgan fingerprint density at radius 3 is 2.66 bits per heavy atom. The van der Waals surface area contributed by atoms with E-state index in [4.69, 9.17) is 14.2 Å². The Hall–Kier alpha value is -5.45. The van der Waals surface area contributed by atoms with Crippen LogP contribution in [0.2, 0.25) is 0 Å². The van der Waals surface area contributed by atoms with E-state index in [9.17, 15) is 9.59 Å². The van der Waals surface area contributed by atoms with E-state index in [1.165, 1.54) is 9.58 Å². The van der Waals surface area contributed by atoms with Gasteiger partial charge in [-0.25, -0.2) is 4.68 Å². The van der Waals surface area contributed by atoms with Crippen LogP contribution in [0.4, 0.5) is 5.69 Å². The first-order valence-electron chi connectivity index (χ1n) is 12.9. The van der Waals surface area contributed by atoms with Crippen LogP contribution in [0.1, 0.15) is 17.2 Å². The second-order valence-electron chi connectivity index (χ2n) is 9.35. The van der Waals surface area contributed by atoms with E-state index in [0.29, 0.717) is 39.5 Å². The van der Waals surface area contributed by atoms with Crippen molar-refractivity contribution in [3.8, 4) is 17.2 Å². The van der Waals surface area contributed by atoms with Crippen molar-refractivity contribution in [1.29, 1.82) is 0 Å². The predicted molar refractivity (Wildman–Crippen MR) is 149 cm³/mol. The Bertz CT molecular complexity index is 1690. The maximum absolute atomic E-state index is 14.1. The van der Waals surface area contributed by atoms with Gasteiger partial charge in [0, 0.05) is 24.6 Å². The van der Waals surface area contributed by atoms with Gasteiger partial charge < -0.3 is 24.4 Å². The predicted octanol–water partition coefficient (Wildman–Crippen LogP) is 3.97. The van der Waals surface area contributed by atoms with Gasteiger partial charge in [-0.2, -0.15) is 0 Å². The average Bonchev–Trinajstić information content (AvgIpc) is 3.64. The zero-order valence-electron chi connectivity index (χ0n) is 22.1. The Morgan fingerprint density at radius 1 is 1.02 bits per heavy atom. The van der Waals surface area contributed by atoms with E-state index in [-0.39, 0.29) is 25.8 Å². The van der Waals surface area contributed by atoms with E-state index in [2.05, 4.69) is 20.6 Å². The first kappa shape index (κ1) is 25.8. The summed E-state index contributed by atoms with van der Waals surface area (Å²) in [7, 11) is 1.57. The molecular weight excluding hydrogens is 524 g/mol. The van der Waals surface area contributed by atoms with E-state index >= 15 is 0 Å². The van der Waals surface area contributed by atoms with Crippen molar-refractivity contribution in [3.63, 3.8) is 0 Å². The Balaban J connectivity index is 1.40. The summed E-state index contributed by atoms with van der Waals surface area (Å²) in [5.41, 5.74) is 3.25. The highest BCUT2D eigenvalue weighted by Crippen LogP contribution is 2.36. The Morgan fingerprint density at radius 2 is 1.85 bits per heavy atom. The van der Waals surface area contributed by atoms with Crippen LogP contribution in [0.15, 0.2) is 91.3 Å². The van der Waals surface area contributed by atoms with Gasteiger partial charge in [-0.05, 0) is 65.7 Å². The molecule has 206 valence electrons. The van der Waals surface area contributed by atoms with Crippen molar-refractivity contribution in [1.82, 2.24) is 24.9 Å². The number of benzene rings is 3. The molecule has 2 aromatic heterocycles. The minimum Gasteiger partial charge on any atom is -0.497 e. The lowest BCUT2D eigenvalue weighted by Gasteiger charge is -2.31. The quantitative estimate of drug-likeness (QED) is 0.293. The van der Waals surface area contributed by atoms with E-state index < -0.39 is 11.9 Å². The van der Waals surface area contributed by atoms with Crippen molar-refractivity contribution < 1.29 is 23.8 Å². The van der Waals surface area contributed by atoms with Gasteiger partial charge in [0.15, 0.2) is 11.5 Å². The topological polar surface area (TPSA) is 121 Å². The van der Waals surface area contributed by atoms with Crippen LogP contribution in [-0.4, -0.2) is 50.6 Å². The second-order valence-corrected chi connectivity index (χ2v) is 9.35. The fraction of sp³-hybridized carbons (Fsp3) is 0.167. The van der Waals surface area contributed by atoms with E-state index in [1.54, 1.807) is 68.0 Å². The molecule has 41 heavy (non-hydrogen) atoms. The molecule has 1 aliphatic heterocycles. The summed E-state index contributed by atoms with van der Waals surface area (Å²) in [4.78, 5) is 33.9. The molecule has 2 amide bonds. The van der Waals surface area contributed by atoms with Gasteiger partial charge >= 0.3 is 0 Å². The van der Waals surface area contributed by atoms with Crippen LogP contribution in [0.25, 0.3) is 11.0 Å². The van der Waals surface area contributed by atoms with Crippen molar-refractivity contribution in [2.45, 2.75) is 19.1 Å². The number of carbonyl (C=O) groups is 2. The third kappa shape index (κ3) is 5.50. The highest BCUT2D eigenvalue weighted by atomic mass is 16.7. The molecule has 3 heterocycles. The molecule has 11 nitrogen and oxygen atoms in total. The number of rotatable bonds is 9. The molecule has 0 saturated heterocycles. The molecule has 5 aromatic rings. The van der Waals surface area contributed by atoms with Crippen LogP contribution in [-0.2, 0) is 22.7 Å². The van der Waals surface area contributed by atoms with Crippen LogP contribution in [0.5, 0.6) is 17.2 Å². The molecule has 0 spiro atoms. The zero-order valence-corrected chi connectivity index (χ0v) is 22.1. The monoisotopic (exact) mass is 550 g/mol. The number of para-hydroxylation sites is 1. The number of anilines is 1. The molecule has 1 N–H and O–H groups in total. The molecule has 1 aliphatic rings. The number of aromatic nitrogens is 4. The summed E-state index contributed by atoms with van der Waals surface area (Å²) in [5.74, 6) is 0.985. The lowest BCUT2D eigenvalue weighted by Crippen LogP contribution is -2.42. The van der Waals surface area contributed by atoms with Gasteiger partial charge in [-0.3, -0.25) is 14.6 Å². The van der Waals surface area contributed by atoms with Gasteiger partial charge in [0.25, 0.3) is 5.91 Å². The van der Waals surface area contributed by atoms with Gasteiger partial charge in [0.05, 0.1) is 12.6 Å². The van der Waals surface area contributed by atoms with Crippen LogP contribution >= 0.6 is 0 Å². The molecule has 0 fully saturated rings. The van der Waals surface area contributed by atoms with Crippen LogP contribution in [0.3, 0.4) is 0 Å². The zero-order chi connectivity index (χ0) is 28.2. The van der Waals surface area contributed by atoms with Gasteiger partial charge in [-0.15, -0.1) is 5.10 Å². The van der Waals surface area contributed by atoms with E-state index in [1.807, 2.05) is 30.3 Å². The summed E-state index contributed by atoms with van der Waals surface area (Å²) in [6, 6.07) is 22.2. The van der Waals surface area contributed by atoms with Crippen molar-refractivity contribution >= 4 is 28.5 Å². The van der Waals surface area contributed by atoms with Gasteiger partial charge in [0.1, 0.15) is 23.9 Å². The maximum Gasteiger partial charge on any atom is 0.251 e. The highest BCUT2D eigenvalue weighted by molar-refractivity contribution is 5.98. The highest BCUT2D eigenvalue weighted by Gasteiger charge is 2.33. The second kappa shape index (κ2) is 11.3. The number of amides is 2. The number of nitrogens with one attached hydrogen (secondary N) is 1. The number of ether oxygens (including phenoxy) is 3. The lowest BCUT2D eigenvalue weighted by molar-refractivity contribution is -0.140. The first-order chi connectivity index (χ1) is 20.1. The van der Waals surface area contributed by atoms with Crippen molar-refractivity contribution in [3.05, 3.63) is 102 Å². The standard InChI is InChI=1S/C30H26N6O5/c1-39-23-11-9-22(10-12-23)32-30(38)29(21-8-13-26-27(15-21)41-19-40-26)35(17-20-5-4-14-31-16-20)28(37)18-36-25-7-3-2-6-24(25)33-34-36/h2-16,29H,17-19H2,1H3,(H,32,38)/t29-/m1/s1. The smallest absolute Gasteiger partial charge is 0.251 e. The Labute approximate surface area is 235 Å². The maximum atomic E-state index is 14.1. The summed E-state index contributed by atoms with van der Waals surface area (Å²) < 4.78 is 17.9. The molecular formula is C30H26N6O5. The Kier molecular flexibility index (Phi) is 7.14. The number of hydrogen-bond acceptors (Lipinski definition) is 8. The summed E-state index contributed by atoms with van der Waals surface area (Å²) in [6.45, 7) is 0.0747. The third-order valence-corrected chi connectivity index (χ3v) is 6.73. The molecule has 3 aromatic carbocycles. The number of pyridine rings is 1. The third-order valence-electron chi connectivity index (χ3n) is 6.73. The fourth-order valence-electron chi connectivity index (χ4n) is 4.71. The molecule has 1 atom stereocenters. The van der Waals surface area contributed by atoms with Crippen LogP contribution < -0.4 is 19.5 Å². The summed E-state index contributed by atoms with van der Waals surface area (Å²) >= 11 is 0. The minimum absolute atomic E-state index is 0.0825. The molecule has 0 bridgehead atoms. The largest absolute Gasteiger partial charge is 0.497 e. The molecule has 0 saturated carbocycles. The number of methoxy groups -OCH3 is 1. The summed E-state index contributed by atoms with van der Waals surface area (Å²) in [6.07, 6.45) is 3.33. The normalized spacial score (nSPS) is 12.6. The molecule has 0 radical (unpaired) electrons. The lowest BCUT2D eigenvalue weighted by atomic mass is 10.0. The molecule has 0 aliphatic carbocycles. The van der Waals surface area contributed by atoms with Gasteiger partial charge in [0.2, 0.25) is 12.7 Å². The first-order valence-corrected chi connectivity index (χ1v) is 12.9. The molecule has 0 unspecified atom stereocenters. The van der Waals surface area contributed by atoms with E-state index in [0.717, 1.165) is 5.56 Å². The van der Waals surface area contributed by atoms with Gasteiger partial charge in [-0.1, -0.05) is 29.5 Å². The summed E-state index contributed by atoms with van der Waals surface area (Å²) in [5, 5.41) is 11.3. The van der Waals surface area contributed by atoms with Crippen molar-refractivity contribution in [2.24, 2.45) is 0 Å². The molecule has 6 rings (SSSR count). The number of fused-ring (bicyclic) bond motifs is 2. The van der Waals surface area contributed by atoms with Crippen molar-refractivity contribution in [2.75, 3.05) is 19.2 Å². The van der Waals surface area contributed by atoms with Crippen LogP contribution in [0, 0.1) is 0 Å². The number of hydrogen-bond donors (Lipinski definition) is 1. The SMILES string of the molecule is COc1ccc(NC(=O)[C@@H](c2ccc3c(c2)OCO3)N(Cc2cccnc2)C(=O)Cn2nnc3ccccc32)cc1. The molecule has 11 heteroatoms. The number of nitrogens with zero attached hydrogens (tertiary/aromatic N) is 5. The number of carbonyl (C=O) groups excluding carboxylic acids is 2. The minimum atomic E-state index is -1.03. The average molecular weight is 551 g/mol.